The van der Waals surface area contributed by atoms with Gasteiger partial charge in [0.15, 0.2) is 0 Å². The van der Waals surface area contributed by atoms with Crippen LogP contribution < -0.4 is 16.2 Å². The van der Waals surface area contributed by atoms with E-state index >= 15 is 0 Å². The normalized spacial score (nSPS) is 14.7. The van der Waals surface area contributed by atoms with Crippen molar-refractivity contribution >= 4 is 17.7 Å². The number of aromatic nitrogens is 2. The number of carbonyl (C=O) groups is 1. The lowest BCUT2D eigenvalue weighted by Gasteiger charge is -2.19. The second-order valence-corrected chi connectivity index (χ2v) is 6.09. The van der Waals surface area contributed by atoms with Crippen LogP contribution in [-0.4, -0.2) is 15.9 Å². The third-order valence-corrected chi connectivity index (χ3v) is 4.33. The van der Waals surface area contributed by atoms with Gasteiger partial charge in [-0.2, -0.15) is 10.2 Å². The van der Waals surface area contributed by atoms with E-state index in [0.29, 0.717) is 17.0 Å². The first-order chi connectivity index (χ1) is 12.1. The van der Waals surface area contributed by atoms with Crippen molar-refractivity contribution in [2.45, 2.75) is 32.1 Å². The molecule has 0 bridgehead atoms. The molecule has 0 amide bonds. The molecule has 0 spiro atoms. The van der Waals surface area contributed by atoms with Crippen LogP contribution in [-0.2, 0) is 4.79 Å². The van der Waals surface area contributed by atoms with Gasteiger partial charge in [0.25, 0.3) is 0 Å². The van der Waals surface area contributed by atoms with Crippen molar-refractivity contribution in [3.8, 4) is 23.1 Å². The van der Waals surface area contributed by atoms with E-state index in [1.165, 1.54) is 6.42 Å². The molecule has 0 radical (unpaired) electrons. The van der Waals surface area contributed by atoms with Gasteiger partial charge in [0.1, 0.15) is 23.2 Å². The van der Waals surface area contributed by atoms with Gasteiger partial charge < -0.3 is 16.2 Å². The zero-order valence-electron chi connectivity index (χ0n) is 13.7. The molecule has 4 N–H and O–H groups in total. The standard InChI is InChI=1S/C18H19N5O2/c19-10-14-15(22-18(21)23-16(14)20)12-7-4-8-13(9-12)25-17(24)11-5-2-1-3-6-11/h4,7-9,11H,1-3,5-6H2,(H4,20,21,22,23). The average Bonchev–Trinajstić information content (AvgIpc) is 2.62. The minimum Gasteiger partial charge on any atom is -0.426 e. The van der Waals surface area contributed by atoms with Crippen LogP contribution in [0.25, 0.3) is 11.3 Å². The Morgan fingerprint density at radius 1 is 1.20 bits per heavy atom. The number of nitrogens with zero attached hydrogens (tertiary/aromatic N) is 3. The molecule has 0 unspecified atom stereocenters. The predicted molar refractivity (Wildman–Crippen MR) is 93.2 cm³/mol. The van der Waals surface area contributed by atoms with Crippen LogP contribution in [0.2, 0.25) is 0 Å². The molecule has 1 heterocycles. The maximum Gasteiger partial charge on any atom is 0.314 e. The molecule has 128 valence electrons. The van der Waals surface area contributed by atoms with Crippen molar-refractivity contribution in [1.29, 1.82) is 5.26 Å². The van der Waals surface area contributed by atoms with Crippen LogP contribution >= 0.6 is 0 Å². The number of rotatable bonds is 3. The van der Waals surface area contributed by atoms with E-state index in [4.69, 9.17) is 16.2 Å². The zero-order chi connectivity index (χ0) is 17.8. The SMILES string of the molecule is N#Cc1c(N)nc(N)nc1-c1cccc(OC(=O)C2CCCCC2)c1. The highest BCUT2D eigenvalue weighted by atomic mass is 16.5. The van der Waals surface area contributed by atoms with E-state index in [-0.39, 0.29) is 29.2 Å². The topological polar surface area (TPSA) is 128 Å². The fraction of sp³-hybridized carbons (Fsp3) is 0.333. The molecule has 7 nitrogen and oxygen atoms in total. The molecule has 1 saturated carbocycles. The number of hydrogen-bond donors (Lipinski definition) is 2. The summed E-state index contributed by atoms with van der Waals surface area (Å²) in [6, 6.07) is 8.82. The second-order valence-electron chi connectivity index (χ2n) is 6.09. The van der Waals surface area contributed by atoms with Crippen molar-refractivity contribution < 1.29 is 9.53 Å². The Morgan fingerprint density at radius 2 is 1.96 bits per heavy atom. The van der Waals surface area contributed by atoms with Crippen LogP contribution in [0.3, 0.4) is 0 Å². The smallest absolute Gasteiger partial charge is 0.314 e. The van der Waals surface area contributed by atoms with Gasteiger partial charge in [0.2, 0.25) is 5.95 Å². The highest BCUT2D eigenvalue weighted by Gasteiger charge is 2.23. The Bertz CT molecular complexity index is 838. The number of nitriles is 1. The molecule has 25 heavy (non-hydrogen) atoms. The second kappa shape index (κ2) is 7.18. The van der Waals surface area contributed by atoms with E-state index in [1.54, 1.807) is 24.3 Å². The molecule has 3 rings (SSSR count). The Labute approximate surface area is 145 Å². The summed E-state index contributed by atoms with van der Waals surface area (Å²) < 4.78 is 5.52. The number of nitrogens with two attached hydrogens (primary N) is 2. The molecule has 2 aromatic rings. The number of nitrogen functional groups attached to an aromatic ring is 2. The molecule has 0 saturated heterocycles. The minimum atomic E-state index is -0.209. The number of anilines is 2. The van der Waals surface area contributed by atoms with Crippen LogP contribution in [0.15, 0.2) is 24.3 Å². The van der Waals surface area contributed by atoms with E-state index in [1.807, 2.05) is 6.07 Å². The third kappa shape index (κ3) is 3.69. The number of ether oxygens (including phenoxy) is 1. The van der Waals surface area contributed by atoms with Gasteiger partial charge in [-0.15, -0.1) is 0 Å². The van der Waals surface area contributed by atoms with E-state index in [9.17, 15) is 10.1 Å². The number of benzene rings is 1. The Kier molecular flexibility index (Phi) is 4.80. The first-order valence-electron chi connectivity index (χ1n) is 8.23. The molecular weight excluding hydrogens is 318 g/mol. The Hall–Kier alpha value is -3.14. The van der Waals surface area contributed by atoms with Gasteiger partial charge in [0.05, 0.1) is 11.6 Å². The van der Waals surface area contributed by atoms with Crippen molar-refractivity contribution in [2.75, 3.05) is 11.5 Å². The van der Waals surface area contributed by atoms with Gasteiger partial charge in [-0.1, -0.05) is 31.4 Å². The first-order valence-corrected chi connectivity index (χ1v) is 8.23. The molecule has 1 fully saturated rings. The summed E-state index contributed by atoms with van der Waals surface area (Å²) >= 11 is 0. The lowest BCUT2D eigenvalue weighted by molar-refractivity contribution is -0.139. The number of esters is 1. The maximum absolute atomic E-state index is 12.3. The van der Waals surface area contributed by atoms with Crippen molar-refractivity contribution in [1.82, 2.24) is 9.97 Å². The van der Waals surface area contributed by atoms with Gasteiger partial charge >= 0.3 is 5.97 Å². The van der Waals surface area contributed by atoms with Crippen LogP contribution in [0.5, 0.6) is 5.75 Å². The Morgan fingerprint density at radius 3 is 2.68 bits per heavy atom. The van der Waals surface area contributed by atoms with Crippen molar-refractivity contribution in [3.05, 3.63) is 29.8 Å². The quantitative estimate of drug-likeness (QED) is 0.650. The minimum absolute atomic E-state index is 0.0175. The fourth-order valence-electron chi connectivity index (χ4n) is 3.06. The van der Waals surface area contributed by atoms with E-state index < -0.39 is 0 Å². The molecule has 1 aliphatic rings. The monoisotopic (exact) mass is 337 g/mol. The van der Waals surface area contributed by atoms with Gasteiger partial charge in [-0.05, 0) is 25.0 Å². The maximum atomic E-state index is 12.3. The molecule has 1 aromatic carbocycles. The average molecular weight is 337 g/mol. The van der Waals surface area contributed by atoms with Crippen molar-refractivity contribution in [2.24, 2.45) is 5.92 Å². The summed E-state index contributed by atoms with van der Waals surface area (Å²) in [5, 5.41) is 9.30. The summed E-state index contributed by atoms with van der Waals surface area (Å²) in [5.41, 5.74) is 12.4. The molecule has 1 aliphatic carbocycles. The van der Waals surface area contributed by atoms with Gasteiger partial charge in [-0.3, -0.25) is 4.79 Å². The lowest BCUT2D eigenvalue weighted by Crippen LogP contribution is -2.22. The summed E-state index contributed by atoms with van der Waals surface area (Å²) in [5.74, 6) is 0.162. The van der Waals surface area contributed by atoms with Crippen LogP contribution in [0, 0.1) is 17.2 Å². The molecule has 1 aromatic heterocycles. The predicted octanol–water partition coefficient (Wildman–Crippen LogP) is 2.67. The summed E-state index contributed by atoms with van der Waals surface area (Å²) in [6.07, 6.45) is 5.04. The molecule has 0 aliphatic heterocycles. The largest absolute Gasteiger partial charge is 0.426 e. The van der Waals surface area contributed by atoms with Gasteiger partial charge in [0, 0.05) is 5.56 Å². The summed E-state index contributed by atoms with van der Waals surface area (Å²) in [4.78, 5) is 20.2. The highest BCUT2D eigenvalue weighted by Crippen LogP contribution is 2.29. The molecular formula is C18H19N5O2. The lowest BCUT2D eigenvalue weighted by atomic mass is 9.89. The highest BCUT2D eigenvalue weighted by molar-refractivity contribution is 5.77. The van der Waals surface area contributed by atoms with E-state index in [2.05, 4.69) is 9.97 Å². The summed E-state index contributed by atoms with van der Waals surface area (Å²) in [6.45, 7) is 0. The summed E-state index contributed by atoms with van der Waals surface area (Å²) in [7, 11) is 0. The molecule has 7 heteroatoms. The van der Waals surface area contributed by atoms with E-state index in [0.717, 1.165) is 25.7 Å². The molecule has 0 atom stereocenters. The van der Waals surface area contributed by atoms with Crippen LogP contribution in [0.4, 0.5) is 11.8 Å². The Balaban J connectivity index is 1.87. The fourth-order valence-corrected chi connectivity index (χ4v) is 3.06. The zero-order valence-corrected chi connectivity index (χ0v) is 13.7. The van der Waals surface area contributed by atoms with Gasteiger partial charge in [-0.25, -0.2) is 4.98 Å². The number of hydrogen-bond acceptors (Lipinski definition) is 7. The number of carbonyl (C=O) groups excluding carboxylic acids is 1. The third-order valence-electron chi connectivity index (χ3n) is 4.33. The van der Waals surface area contributed by atoms with Crippen molar-refractivity contribution in [3.63, 3.8) is 0 Å². The van der Waals surface area contributed by atoms with Crippen LogP contribution in [0.1, 0.15) is 37.7 Å². The first kappa shape index (κ1) is 16.7.